The van der Waals surface area contributed by atoms with Crippen LogP contribution < -0.4 is 5.32 Å². The van der Waals surface area contributed by atoms with Gasteiger partial charge in [-0.2, -0.15) is 0 Å². The summed E-state index contributed by atoms with van der Waals surface area (Å²) in [5, 5.41) is 11.8. The molecule has 0 fully saturated rings. The standard InChI is InChI=1S/C21H25NO3/c1-15(2)13-17-9-7-16(8-10-17)11-12-20(23)22-19-6-4-3-5-18(19)14-21(24)25/h3-10,15H,11-14H2,1-2H3,(H,22,23)(H,24,25). The summed E-state index contributed by atoms with van der Waals surface area (Å²) in [4.78, 5) is 23.1. The van der Waals surface area contributed by atoms with Crippen LogP contribution in [0.3, 0.4) is 0 Å². The molecular formula is C21H25NO3. The zero-order valence-electron chi connectivity index (χ0n) is 14.8. The van der Waals surface area contributed by atoms with Crippen molar-refractivity contribution in [3.05, 3.63) is 65.2 Å². The highest BCUT2D eigenvalue weighted by Gasteiger charge is 2.09. The number of para-hydroxylation sites is 1. The number of carbonyl (C=O) groups is 2. The lowest BCUT2D eigenvalue weighted by atomic mass is 10.0. The fourth-order valence-corrected chi connectivity index (χ4v) is 2.74. The van der Waals surface area contributed by atoms with Gasteiger partial charge in [-0.3, -0.25) is 9.59 Å². The minimum atomic E-state index is -0.914. The number of carbonyl (C=O) groups excluding carboxylic acids is 1. The first-order chi connectivity index (χ1) is 11.9. The first kappa shape index (κ1) is 18.7. The van der Waals surface area contributed by atoms with E-state index >= 15 is 0 Å². The molecule has 0 aliphatic heterocycles. The summed E-state index contributed by atoms with van der Waals surface area (Å²) in [5.41, 5.74) is 3.62. The van der Waals surface area contributed by atoms with E-state index in [-0.39, 0.29) is 12.3 Å². The van der Waals surface area contributed by atoms with Gasteiger partial charge >= 0.3 is 5.97 Å². The van der Waals surface area contributed by atoms with E-state index < -0.39 is 5.97 Å². The van der Waals surface area contributed by atoms with Gasteiger partial charge in [-0.1, -0.05) is 56.3 Å². The van der Waals surface area contributed by atoms with E-state index in [0.29, 0.717) is 30.0 Å². The maximum absolute atomic E-state index is 12.2. The summed E-state index contributed by atoms with van der Waals surface area (Å²) in [6.07, 6.45) is 1.98. The number of hydrogen-bond donors (Lipinski definition) is 2. The molecular weight excluding hydrogens is 314 g/mol. The molecule has 2 N–H and O–H groups in total. The van der Waals surface area contributed by atoms with Crippen molar-refractivity contribution in [3.63, 3.8) is 0 Å². The number of hydrogen-bond acceptors (Lipinski definition) is 2. The van der Waals surface area contributed by atoms with Gasteiger partial charge in [0.15, 0.2) is 0 Å². The van der Waals surface area contributed by atoms with Crippen molar-refractivity contribution in [2.24, 2.45) is 5.92 Å². The summed E-state index contributed by atoms with van der Waals surface area (Å²) < 4.78 is 0. The van der Waals surface area contributed by atoms with Crippen LogP contribution in [0.4, 0.5) is 5.69 Å². The van der Waals surface area contributed by atoms with Crippen molar-refractivity contribution < 1.29 is 14.7 Å². The van der Waals surface area contributed by atoms with Crippen molar-refractivity contribution in [3.8, 4) is 0 Å². The molecule has 0 saturated heterocycles. The zero-order chi connectivity index (χ0) is 18.2. The van der Waals surface area contributed by atoms with Crippen LogP contribution in [-0.4, -0.2) is 17.0 Å². The molecule has 132 valence electrons. The van der Waals surface area contributed by atoms with Crippen LogP contribution in [0.1, 0.15) is 37.0 Å². The van der Waals surface area contributed by atoms with Gasteiger partial charge in [0.25, 0.3) is 0 Å². The van der Waals surface area contributed by atoms with E-state index in [1.165, 1.54) is 5.56 Å². The normalized spacial score (nSPS) is 10.7. The Balaban J connectivity index is 1.90. The van der Waals surface area contributed by atoms with Gasteiger partial charge in [-0.25, -0.2) is 0 Å². The Morgan fingerprint density at radius 1 is 1.00 bits per heavy atom. The predicted molar refractivity (Wildman–Crippen MR) is 99.7 cm³/mol. The van der Waals surface area contributed by atoms with Gasteiger partial charge < -0.3 is 10.4 Å². The fraction of sp³-hybridized carbons (Fsp3) is 0.333. The third-order valence-electron chi connectivity index (χ3n) is 3.94. The molecule has 0 aliphatic carbocycles. The highest BCUT2D eigenvalue weighted by atomic mass is 16.4. The Labute approximate surface area is 148 Å². The minimum Gasteiger partial charge on any atom is -0.481 e. The van der Waals surface area contributed by atoms with Crippen LogP contribution in [0.15, 0.2) is 48.5 Å². The molecule has 4 nitrogen and oxygen atoms in total. The van der Waals surface area contributed by atoms with E-state index in [0.717, 1.165) is 12.0 Å². The molecule has 0 radical (unpaired) electrons. The van der Waals surface area contributed by atoms with Crippen molar-refractivity contribution in [1.29, 1.82) is 0 Å². The van der Waals surface area contributed by atoms with E-state index in [1.807, 2.05) is 0 Å². The molecule has 0 heterocycles. The van der Waals surface area contributed by atoms with Gasteiger partial charge in [0.1, 0.15) is 0 Å². The van der Waals surface area contributed by atoms with Crippen molar-refractivity contribution in [2.45, 2.75) is 39.5 Å². The molecule has 2 aromatic carbocycles. The number of anilines is 1. The van der Waals surface area contributed by atoms with E-state index in [1.54, 1.807) is 24.3 Å². The SMILES string of the molecule is CC(C)Cc1ccc(CCC(=O)Nc2ccccc2CC(=O)O)cc1. The van der Waals surface area contributed by atoms with Crippen molar-refractivity contribution in [2.75, 3.05) is 5.32 Å². The van der Waals surface area contributed by atoms with Gasteiger partial charge in [-0.05, 0) is 41.5 Å². The van der Waals surface area contributed by atoms with Crippen LogP contribution in [0, 0.1) is 5.92 Å². The highest BCUT2D eigenvalue weighted by Crippen LogP contribution is 2.17. The molecule has 0 bridgehead atoms. The van der Waals surface area contributed by atoms with Crippen molar-refractivity contribution in [1.82, 2.24) is 0 Å². The molecule has 0 aromatic heterocycles. The fourth-order valence-electron chi connectivity index (χ4n) is 2.74. The molecule has 0 unspecified atom stereocenters. The Morgan fingerprint density at radius 2 is 1.64 bits per heavy atom. The van der Waals surface area contributed by atoms with Crippen LogP contribution in [-0.2, 0) is 28.9 Å². The molecule has 0 spiro atoms. The molecule has 0 aliphatic rings. The number of carboxylic acids is 1. The average molecular weight is 339 g/mol. The number of aryl methyl sites for hydroxylation is 1. The van der Waals surface area contributed by atoms with Gasteiger partial charge in [0.05, 0.1) is 6.42 Å². The minimum absolute atomic E-state index is 0.103. The number of aliphatic carboxylic acids is 1. The number of amides is 1. The second-order valence-corrected chi connectivity index (χ2v) is 6.69. The summed E-state index contributed by atoms with van der Waals surface area (Å²) in [5.74, 6) is -0.394. The van der Waals surface area contributed by atoms with E-state index in [2.05, 4.69) is 43.4 Å². The Hall–Kier alpha value is -2.62. The summed E-state index contributed by atoms with van der Waals surface area (Å²) in [7, 11) is 0. The highest BCUT2D eigenvalue weighted by molar-refractivity contribution is 5.92. The van der Waals surface area contributed by atoms with Crippen LogP contribution in [0.25, 0.3) is 0 Å². The molecule has 2 rings (SSSR count). The van der Waals surface area contributed by atoms with Crippen LogP contribution >= 0.6 is 0 Å². The lowest BCUT2D eigenvalue weighted by molar-refractivity contribution is -0.136. The van der Waals surface area contributed by atoms with Crippen LogP contribution in [0.2, 0.25) is 0 Å². The average Bonchev–Trinajstić information content (AvgIpc) is 2.55. The first-order valence-electron chi connectivity index (χ1n) is 8.61. The Bertz CT molecular complexity index is 720. The Kier molecular flexibility index (Phi) is 6.75. The third kappa shape index (κ3) is 6.42. The monoisotopic (exact) mass is 339 g/mol. The van der Waals surface area contributed by atoms with Crippen LogP contribution in [0.5, 0.6) is 0 Å². The van der Waals surface area contributed by atoms with Crippen molar-refractivity contribution >= 4 is 17.6 Å². The second kappa shape index (κ2) is 9.02. The number of rotatable bonds is 8. The lowest BCUT2D eigenvalue weighted by Crippen LogP contribution is -2.14. The molecule has 25 heavy (non-hydrogen) atoms. The topological polar surface area (TPSA) is 66.4 Å². The molecule has 0 atom stereocenters. The van der Waals surface area contributed by atoms with E-state index in [4.69, 9.17) is 5.11 Å². The lowest BCUT2D eigenvalue weighted by Gasteiger charge is -2.10. The van der Waals surface area contributed by atoms with E-state index in [9.17, 15) is 9.59 Å². The maximum Gasteiger partial charge on any atom is 0.307 e. The quantitative estimate of drug-likeness (QED) is 0.761. The third-order valence-corrected chi connectivity index (χ3v) is 3.94. The molecule has 1 amide bonds. The van der Waals surface area contributed by atoms with Gasteiger partial charge in [0, 0.05) is 12.1 Å². The molecule has 0 saturated carbocycles. The van der Waals surface area contributed by atoms with Gasteiger partial charge in [-0.15, -0.1) is 0 Å². The number of carboxylic acid groups (broad SMARTS) is 1. The summed E-state index contributed by atoms with van der Waals surface area (Å²) >= 11 is 0. The Morgan fingerprint density at radius 3 is 2.28 bits per heavy atom. The maximum atomic E-state index is 12.2. The second-order valence-electron chi connectivity index (χ2n) is 6.69. The molecule has 2 aromatic rings. The first-order valence-corrected chi connectivity index (χ1v) is 8.61. The zero-order valence-corrected chi connectivity index (χ0v) is 14.8. The summed E-state index contributed by atoms with van der Waals surface area (Å²) in [6.45, 7) is 4.39. The van der Waals surface area contributed by atoms with Gasteiger partial charge in [0.2, 0.25) is 5.91 Å². The largest absolute Gasteiger partial charge is 0.481 e. The summed E-state index contributed by atoms with van der Waals surface area (Å²) in [6, 6.07) is 15.4. The number of nitrogens with one attached hydrogen (secondary N) is 1. The predicted octanol–water partition coefficient (Wildman–Crippen LogP) is 4.08. The number of benzene rings is 2. The molecule has 4 heteroatoms. The smallest absolute Gasteiger partial charge is 0.307 e.